The van der Waals surface area contributed by atoms with E-state index in [0.29, 0.717) is 17.9 Å². The summed E-state index contributed by atoms with van der Waals surface area (Å²) in [5.41, 5.74) is 1.59. The zero-order valence-electron chi connectivity index (χ0n) is 15.0. The zero-order valence-corrected chi connectivity index (χ0v) is 15.0. The van der Waals surface area contributed by atoms with E-state index in [4.69, 9.17) is 4.74 Å². The SMILES string of the molecule is C=C1CCC2C(C)(CC[C@@H](O)C2(C)C)C1C/C=C1/C(=O)OC[C@H]1O. The lowest BCUT2D eigenvalue weighted by Crippen LogP contribution is -2.54. The van der Waals surface area contributed by atoms with Gasteiger partial charge in [-0.2, -0.15) is 0 Å². The number of esters is 1. The average Bonchev–Trinajstić information content (AvgIpc) is 2.82. The monoisotopic (exact) mass is 334 g/mol. The third-order valence-corrected chi connectivity index (χ3v) is 7.09. The molecule has 3 rings (SSSR count). The Kier molecular flexibility index (Phi) is 4.42. The highest BCUT2D eigenvalue weighted by atomic mass is 16.6. The van der Waals surface area contributed by atoms with E-state index < -0.39 is 12.1 Å². The van der Waals surface area contributed by atoms with Crippen molar-refractivity contribution in [1.82, 2.24) is 0 Å². The number of aliphatic hydroxyl groups excluding tert-OH is 2. The van der Waals surface area contributed by atoms with Crippen molar-refractivity contribution >= 4 is 5.97 Å². The van der Waals surface area contributed by atoms with Crippen LogP contribution >= 0.6 is 0 Å². The van der Waals surface area contributed by atoms with Gasteiger partial charge in [0.15, 0.2) is 0 Å². The van der Waals surface area contributed by atoms with Gasteiger partial charge in [0, 0.05) is 0 Å². The largest absolute Gasteiger partial charge is 0.459 e. The molecule has 2 aliphatic carbocycles. The fraction of sp³-hybridized carbons (Fsp3) is 0.750. The van der Waals surface area contributed by atoms with E-state index in [0.717, 1.165) is 25.7 Å². The second-order valence-electron chi connectivity index (χ2n) is 8.69. The van der Waals surface area contributed by atoms with E-state index in [1.807, 2.05) is 6.08 Å². The van der Waals surface area contributed by atoms with Crippen LogP contribution in [-0.4, -0.2) is 35.0 Å². The predicted molar refractivity (Wildman–Crippen MR) is 92.1 cm³/mol. The predicted octanol–water partition coefficient (Wildman–Crippen LogP) is 2.99. The minimum absolute atomic E-state index is 0.0649. The van der Waals surface area contributed by atoms with Crippen molar-refractivity contribution in [2.45, 2.75) is 65.1 Å². The molecule has 2 N–H and O–H groups in total. The molecule has 1 saturated heterocycles. The van der Waals surface area contributed by atoms with Crippen molar-refractivity contribution in [3.63, 3.8) is 0 Å². The molecule has 24 heavy (non-hydrogen) atoms. The molecule has 3 aliphatic rings. The standard InChI is InChI=1S/C20H30O4/c1-12-5-8-16-19(2,3)17(22)9-10-20(16,4)14(12)7-6-13-15(21)11-24-18(13)23/h6,14-17,21-22H,1,5,7-11H2,2-4H3/b13-6+/t14?,15-,16?,17-,20?/m1/s1. The fourth-order valence-corrected chi connectivity index (χ4v) is 5.53. The second-order valence-corrected chi connectivity index (χ2v) is 8.69. The molecular formula is C20H30O4. The first-order chi connectivity index (χ1) is 11.2. The fourth-order valence-electron chi connectivity index (χ4n) is 5.53. The lowest BCUT2D eigenvalue weighted by atomic mass is 9.46. The highest BCUT2D eigenvalue weighted by Gasteiger charge is 2.55. The molecule has 1 aliphatic heterocycles. The normalized spacial score (nSPS) is 43.6. The molecule has 0 amide bonds. The molecule has 0 bridgehead atoms. The van der Waals surface area contributed by atoms with Gasteiger partial charge in [-0.25, -0.2) is 4.79 Å². The van der Waals surface area contributed by atoms with E-state index in [-0.39, 0.29) is 29.5 Å². The molecule has 0 spiro atoms. The van der Waals surface area contributed by atoms with Crippen molar-refractivity contribution in [3.8, 4) is 0 Å². The van der Waals surface area contributed by atoms with Crippen LogP contribution in [0, 0.1) is 22.7 Å². The second kappa shape index (κ2) is 5.99. The first-order valence-corrected chi connectivity index (χ1v) is 9.09. The third kappa shape index (κ3) is 2.64. The number of ether oxygens (including phenoxy) is 1. The van der Waals surface area contributed by atoms with Crippen LogP contribution < -0.4 is 0 Å². The van der Waals surface area contributed by atoms with Crippen molar-refractivity contribution in [1.29, 1.82) is 0 Å². The molecule has 5 atom stereocenters. The van der Waals surface area contributed by atoms with Gasteiger partial charge in [-0.3, -0.25) is 0 Å². The molecule has 4 nitrogen and oxygen atoms in total. The van der Waals surface area contributed by atoms with E-state index in [2.05, 4.69) is 27.4 Å². The Balaban J connectivity index is 1.87. The minimum atomic E-state index is -0.803. The van der Waals surface area contributed by atoms with Gasteiger partial charge < -0.3 is 14.9 Å². The zero-order chi connectivity index (χ0) is 17.7. The highest BCUT2D eigenvalue weighted by molar-refractivity contribution is 5.91. The molecule has 2 saturated carbocycles. The molecule has 0 aromatic rings. The Hall–Kier alpha value is -1.13. The maximum atomic E-state index is 11.7. The maximum absolute atomic E-state index is 11.7. The molecule has 0 aromatic carbocycles. The van der Waals surface area contributed by atoms with E-state index in [1.165, 1.54) is 5.57 Å². The van der Waals surface area contributed by atoms with Gasteiger partial charge in [-0.05, 0) is 54.8 Å². The van der Waals surface area contributed by atoms with Gasteiger partial charge in [0.25, 0.3) is 0 Å². The lowest BCUT2D eigenvalue weighted by Gasteiger charge is -2.59. The van der Waals surface area contributed by atoms with Crippen LogP contribution in [0.5, 0.6) is 0 Å². The van der Waals surface area contributed by atoms with Crippen LogP contribution in [0.4, 0.5) is 0 Å². The lowest BCUT2D eigenvalue weighted by molar-refractivity contribution is -0.135. The number of rotatable bonds is 2. The summed E-state index contributed by atoms with van der Waals surface area (Å²) in [6.07, 6.45) is 5.33. The summed E-state index contributed by atoms with van der Waals surface area (Å²) in [5, 5.41) is 20.4. The average molecular weight is 334 g/mol. The molecule has 134 valence electrons. The summed E-state index contributed by atoms with van der Waals surface area (Å²) in [6, 6.07) is 0. The van der Waals surface area contributed by atoms with Gasteiger partial charge in [0.05, 0.1) is 11.7 Å². The smallest absolute Gasteiger partial charge is 0.336 e. The Morgan fingerprint density at radius 3 is 2.62 bits per heavy atom. The van der Waals surface area contributed by atoms with Gasteiger partial charge in [0.1, 0.15) is 12.7 Å². The van der Waals surface area contributed by atoms with Crippen molar-refractivity contribution in [3.05, 3.63) is 23.8 Å². The van der Waals surface area contributed by atoms with E-state index in [1.54, 1.807) is 0 Å². The summed E-state index contributed by atoms with van der Waals surface area (Å²) in [6.45, 7) is 11.1. The van der Waals surface area contributed by atoms with Gasteiger partial charge in [-0.15, -0.1) is 0 Å². The molecule has 0 aromatic heterocycles. The number of hydrogen-bond donors (Lipinski definition) is 2. The molecule has 0 radical (unpaired) electrons. The van der Waals surface area contributed by atoms with Crippen molar-refractivity contribution in [2.24, 2.45) is 22.7 Å². The Morgan fingerprint density at radius 2 is 2.00 bits per heavy atom. The maximum Gasteiger partial charge on any atom is 0.336 e. The van der Waals surface area contributed by atoms with Crippen LogP contribution in [0.3, 0.4) is 0 Å². The first-order valence-electron chi connectivity index (χ1n) is 9.09. The number of hydrogen-bond acceptors (Lipinski definition) is 4. The first kappa shape index (κ1) is 17.7. The topological polar surface area (TPSA) is 66.8 Å². The molecule has 4 heteroatoms. The van der Waals surface area contributed by atoms with Crippen molar-refractivity contribution < 1.29 is 19.7 Å². The molecular weight excluding hydrogens is 304 g/mol. The van der Waals surface area contributed by atoms with E-state index in [9.17, 15) is 15.0 Å². The number of allylic oxidation sites excluding steroid dienone is 2. The van der Waals surface area contributed by atoms with Crippen LogP contribution in [0.15, 0.2) is 23.8 Å². The Bertz CT molecular complexity index is 576. The highest BCUT2D eigenvalue weighted by Crippen LogP contribution is 2.61. The Morgan fingerprint density at radius 1 is 1.29 bits per heavy atom. The summed E-state index contributed by atoms with van der Waals surface area (Å²) in [5.74, 6) is 0.309. The van der Waals surface area contributed by atoms with E-state index >= 15 is 0 Å². The van der Waals surface area contributed by atoms with Crippen LogP contribution in [0.1, 0.15) is 52.9 Å². The summed E-state index contributed by atoms with van der Waals surface area (Å²) < 4.78 is 4.91. The third-order valence-electron chi connectivity index (χ3n) is 7.09. The molecule has 3 fully saturated rings. The van der Waals surface area contributed by atoms with Gasteiger partial charge in [0.2, 0.25) is 0 Å². The van der Waals surface area contributed by atoms with Gasteiger partial charge >= 0.3 is 5.97 Å². The summed E-state index contributed by atoms with van der Waals surface area (Å²) in [7, 11) is 0. The quantitative estimate of drug-likeness (QED) is 0.463. The Labute approximate surface area is 144 Å². The number of carbonyl (C=O) groups excluding carboxylic acids is 1. The number of cyclic esters (lactones) is 1. The van der Waals surface area contributed by atoms with Crippen LogP contribution in [0.2, 0.25) is 0 Å². The number of fused-ring (bicyclic) bond motifs is 1. The summed E-state index contributed by atoms with van der Waals surface area (Å²) >= 11 is 0. The van der Waals surface area contributed by atoms with Crippen molar-refractivity contribution in [2.75, 3.05) is 6.61 Å². The van der Waals surface area contributed by atoms with Crippen LogP contribution in [-0.2, 0) is 9.53 Å². The van der Waals surface area contributed by atoms with Gasteiger partial charge in [-0.1, -0.05) is 39.0 Å². The summed E-state index contributed by atoms with van der Waals surface area (Å²) in [4.78, 5) is 11.7. The minimum Gasteiger partial charge on any atom is -0.459 e. The molecule has 1 heterocycles. The molecule has 3 unspecified atom stereocenters. The number of aliphatic hydroxyl groups is 2. The van der Waals surface area contributed by atoms with Crippen LogP contribution in [0.25, 0.3) is 0 Å². The number of carbonyl (C=O) groups is 1.